The van der Waals surface area contributed by atoms with Crippen LogP contribution in [0.4, 0.5) is 5.13 Å². The Hall–Kier alpha value is -3.52. The molecule has 8 heteroatoms. The zero-order valence-corrected chi connectivity index (χ0v) is 18.0. The second-order valence-electron chi connectivity index (χ2n) is 7.71. The number of hydrogen-bond donors (Lipinski definition) is 0. The fourth-order valence-electron chi connectivity index (χ4n) is 3.87. The first kappa shape index (κ1) is 19.4. The molecule has 0 bridgehead atoms. The summed E-state index contributed by atoms with van der Waals surface area (Å²) in [6.07, 6.45) is 0.0409. The van der Waals surface area contributed by atoms with Crippen molar-refractivity contribution in [1.29, 1.82) is 0 Å². The van der Waals surface area contributed by atoms with Crippen LogP contribution in [0.5, 0.6) is 5.75 Å². The summed E-state index contributed by atoms with van der Waals surface area (Å²) < 4.78 is 11.7. The molecule has 0 fully saturated rings. The molecule has 1 aliphatic rings. The number of benzene rings is 2. The molecule has 0 spiro atoms. The predicted octanol–water partition coefficient (Wildman–Crippen LogP) is 4.49. The maximum absolute atomic E-state index is 13.5. The van der Waals surface area contributed by atoms with Crippen LogP contribution >= 0.6 is 11.3 Å². The summed E-state index contributed by atoms with van der Waals surface area (Å²) in [6, 6.07) is 12.1. The van der Waals surface area contributed by atoms with Gasteiger partial charge in [0, 0.05) is 0 Å². The Morgan fingerprint density at radius 3 is 2.58 bits per heavy atom. The monoisotopic (exact) mass is 433 g/mol. The molecule has 5 rings (SSSR count). The summed E-state index contributed by atoms with van der Waals surface area (Å²) in [7, 11) is 0. The van der Waals surface area contributed by atoms with E-state index >= 15 is 0 Å². The number of aryl methyl sites for hydroxylation is 1. The van der Waals surface area contributed by atoms with Gasteiger partial charge >= 0.3 is 0 Å². The van der Waals surface area contributed by atoms with Crippen molar-refractivity contribution in [2.45, 2.75) is 32.9 Å². The molecule has 0 N–H and O–H groups in total. The highest BCUT2D eigenvalue weighted by Gasteiger charge is 2.44. The molecule has 0 saturated carbocycles. The van der Waals surface area contributed by atoms with Crippen LogP contribution in [-0.2, 0) is 0 Å². The van der Waals surface area contributed by atoms with Crippen molar-refractivity contribution in [3.63, 3.8) is 0 Å². The van der Waals surface area contributed by atoms with E-state index in [2.05, 4.69) is 10.2 Å². The van der Waals surface area contributed by atoms with Crippen LogP contribution in [0.2, 0.25) is 0 Å². The third-order valence-electron chi connectivity index (χ3n) is 5.15. The third-order valence-corrected chi connectivity index (χ3v) is 5.84. The number of fused-ring (bicyclic) bond motifs is 2. The van der Waals surface area contributed by atoms with E-state index in [1.165, 1.54) is 16.2 Å². The van der Waals surface area contributed by atoms with E-state index in [-0.39, 0.29) is 17.3 Å². The highest BCUT2D eigenvalue weighted by atomic mass is 32.1. The van der Waals surface area contributed by atoms with Gasteiger partial charge in [-0.2, -0.15) is 0 Å². The second kappa shape index (κ2) is 7.31. The van der Waals surface area contributed by atoms with Gasteiger partial charge in [-0.25, -0.2) is 0 Å². The van der Waals surface area contributed by atoms with Gasteiger partial charge in [0.25, 0.3) is 5.91 Å². The lowest BCUT2D eigenvalue weighted by Crippen LogP contribution is -2.29. The molecule has 31 heavy (non-hydrogen) atoms. The second-order valence-corrected chi connectivity index (χ2v) is 8.52. The van der Waals surface area contributed by atoms with E-state index in [1.54, 1.807) is 17.6 Å². The molecule has 2 aromatic carbocycles. The van der Waals surface area contributed by atoms with Crippen LogP contribution in [0, 0.1) is 6.92 Å². The summed E-state index contributed by atoms with van der Waals surface area (Å²) in [6.45, 7) is 5.82. The van der Waals surface area contributed by atoms with Crippen LogP contribution in [-0.4, -0.2) is 22.2 Å². The van der Waals surface area contributed by atoms with Gasteiger partial charge in [0.2, 0.25) is 10.9 Å². The van der Waals surface area contributed by atoms with Crippen molar-refractivity contribution >= 4 is 33.3 Å². The molecule has 0 unspecified atom stereocenters. The van der Waals surface area contributed by atoms with Crippen LogP contribution < -0.4 is 15.1 Å². The number of amides is 1. The molecule has 0 radical (unpaired) electrons. The lowest BCUT2D eigenvalue weighted by atomic mass is 9.98. The van der Waals surface area contributed by atoms with Crippen molar-refractivity contribution in [1.82, 2.24) is 10.2 Å². The number of carbonyl (C=O) groups is 1. The topological polar surface area (TPSA) is 85.5 Å². The molecule has 1 atom stereocenters. The first-order valence-corrected chi connectivity index (χ1v) is 10.8. The van der Waals surface area contributed by atoms with Crippen molar-refractivity contribution in [2.24, 2.45) is 0 Å². The highest BCUT2D eigenvalue weighted by Crippen LogP contribution is 2.41. The Morgan fingerprint density at radius 2 is 1.90 bits per heavy atom. The van der Waals surface area contributed by atoms with Gasteiger partial charge in [-0.15, -0.1) is 10.2 Å². The molecular formula is C23H19N3O4S. The van der Waals surface area contributed by atoms with E-state index in [0.29, 0.717) is 27.4 Å². The number of carbonyl (C=O) groups excluding carboxylic acids is 1. The maximum Gasteiger partial charge on any atom is 0.297 e. The summed E-state index contributed by atoms with van der Waals surface area (Å²) in [4.78, 5) is 28.4. The summed E-state index contributed by atoms with van der Waals surface area (Å²) in [5, 5.41) is 8.82. The SMILES string of the molecule is Cc1ccc2oc3c(c(=O)c2c1)[C@@H](c1ccc(OC(C)C)cc1)N(c1nncs1)C3=O. The molecule has 0 saturated heterocycles. The van der Waals surface area contributed by atoms with Gasteiger partial charge < -0.3 is 9.15 Å². The van der Waals surface area contributed by atoms with Gasteiger partial charge in [-0.1, -0.05) is 35.1 Å². The molecule has 1 aliphatic heterocycles. The van der Waals surface area contributed by atoms with Gasteiger partial charge in [-0.3, -0.25) is 14.5 Å². The predicted molar refractivity (Wildman–Crippen MR) is 118 cm³/mol. The molecule has 4 aromatic rings. The van der Waals surface area contributed by atoms with E-state index in [0.717, 1.165) is 11.1 Å². The van der Waals surface area contributed by atoms with E-state index in [4.69, 9.17) is 9.15 Å². The average Bonchev–Trinajstić information content (AvgIpc) is 3.36. The average molecular weight is 433 g/mol. The van der Waals surface area contributed by atoms with Crippen molar-refractivity contribution in [3.05, 3.63) is 80.6 Å². The van der Waals surface area contributed by atoms with Gasteiger partial charge in [0.15, 0.2) is 5.43 Å². The fourth-order valence-corrected chi connectivity index (χ4v) is 4.46. The number of rotatable bonds is 4. The standard InChI is InChI=1S/C23H19N3O4S/c1-12(2)29-15-7-5-14(6-8-15)19-18-20(27)16-10-13(3)4-9-17(16)30-21(18)22(28)26(19)23-25-24-11-31-23/h4-12,19H,1-3H3/t19-/m1/s1. The number of aromatic nitrogens is 2. The molecular weight excluding hydrogens is 414 g/mol. The molecule has 156 valence electrons. The number of nitrogens with zero attached hydrogens (tertiary/aromatic N) is 3. The number of anilines is 1. The normalized spacial score (nSPS) is 15.7. The molecule has 1 amide bonds. The van der Waals surface area contributed by atoms with Gasteiger partial charge in [0.05, 0.1) is 23.1 Å². The largest absolute Gasteiger partial charge is 0.491 e. The Kier molecular flexibility index (Phi) is 4.59. The van der Waals surface area contributed by atoms with Crippen molar-refractivity contribution in [3.8, 4) is 5.75 Å². The Bertz CT molecular complexity index is 1340. The number of ether oxygens (including phenoxy) is 1. The minimum Gasteiger partial charge on any atom is -0.491 e. The van der Waals surface area contributed by atoms with Gasteiger partial charge in [-0.05, 0) is 50.6 Å². The number of hydrogen-bond acceptors (Lipinski definition) is 7. The third kappa shape index (κ3) is 3.19. The Balaban J connectivity index is 1.73. The highest BCUT2D eigenvalue weighted by molar-refractivity contribution is 7.13. The molecule has 2 aromatic heterocycles. The quantitative estimate of drug-likeness (QED) is 0.471. The summed E-state index contributed by atoms with van der Waals surface area (Å²) in [5.74, 6) is 0.356. The molecule has 7 nitrogen and oxygen atoms in total. The van der Waals surface area contributed by atoms with Crippen LogP contribution in [0.15, 0.2) is 57.2 Å². The van der Waals surface area contributed by atoms with E-state index < -0.39 is 11.9 Å². The minimum atomic E-state index is -0.662. The van der Waals surface area contributed by atoms with E-state index in [9.17, 15) is 9.59 Å². The zero-order chi connectivity index (χ0) is 21.7. The lowest BCUT2D eigenvalue weighted by molar-refractivity contribution is 0.0970. The molecule has 3 heterocycles. The Morgan fingerprint density at radius 1 is 1.13 bits per heavy atom. The lowest BCUT2D eigenvalue weighted by Gasteiger charge is -2.22. The maximum atomic E-state index is 13.5. The summed E-state index contributed by atoms with van der Waals surface area (Å²) >= 11 is 1.23. The first-order chi connectivity index (χ1) is 14.9. The minimum absolute atomic E-state index is 0.0409. The smallest absolute Gasteiger partial charge is 0.297 e. The van der Waals surface area contributed by atoms with E-state index in [1.807, 2.05) is 51.1 Å². The molecule has 0 aliphatic carbocycles. The first-order valence-electron chi connectivity index (χ1n) is 9.87. The van der Waals surface area contributed by atoms with Crippen molar-refractivity contribution < 1.29 is 13.9 Å². The van der Waals surface area contributed by atoms with Crippen LogP contribution in [0.3, 0.4) is 0 Å². The Labute approximate surface area is 181 Å². The van der Waals surface area contributed by atoms with Gasteiger partial charge in [0.1, 0.15) is 16.8 Å². The van der Waals surface area contributed by atoms with Crippen LogP contribution in [0.1, 0.15) is 47.1 Å². The van der Waals surface area contributed by atoms with Crippen molar-refractivity contribution in [2.75, 3.05) is 4.90 Å². The summed E-state index contributed by atoms with van der Waals surface area (Å²) in [5.41, 5.74) is 3.75. The zero-order valence-electron chi connectivity index (χ0n) is 17.2. The fraction of sp³-hybridized carbons (Fsp3) is 0.217. The van der Waals surface area contributed by atoms with Crippen LogP contribution in [0.25, 0.3) is 11.0 Å².